The Balaban J connectivity index is 1.99. The molecule has 11 heteroatoms. The highest BCUT2D eigenvalue weighted by atomic mass is 32.2. The second kappa shape index (κ2) is 5.92. The molecule has 0 saturated carbocycles. The number of alkyl halides is 3. The number of sulfonamides is 1. The molecular weight excluding hydrogens is 375 g/mol. The first-order valence-electron chi connectivity index (χ1n) is 6.87. The van der Waals surface area contributed by atoms with E-state index in [1.807, 2.05) is 0 Å². The summed E-state index contributed by atoms with van der Waals surface area (Å²) in [5, 5.41) is 8.87. The van der Waals surface area contributed by atoms with Gasteiger partial charge in [-0.1, -0.05) is 0 Å². The Bertz CT molecular complexity index is 1200. The van der Waals surface area contributed by atoms with E-state index in [-0.39, 0.29) is 16.8 Å². The molecule has 26 heavy (non-hydrogen) atoms. The maximum Gasteiger partial charge on any atom is 0.417 e. The van der Waals surface area contributed by atoms with E-state index in [2.05, 4.69) is 9.71 Å². The molecule has 134 valence electrons. The number of halogens is 3. The largest absolute Gasteiger partial charge is 0.417 e. The number of benzene rings is 2. The summed E-state index contributed by atoms with van der Waals surface area (Å²) in [5.74, 6) is -0.721. The van der Waals surface area contributed by atoms with Gasteiger partial charge in [-0.05, 0) is 36.4 Å². The van der Waals surface area contributed by atoms with Gasteiger partial charge in [0.2, 0.25) is 0 Å². The number of fused-ring (bicyclic) bond motifs is 1. The van der Waals surface area contributed by atoms with Crippen molar-refractivity contribution in [2.45, 2.75) is 11.1 Å². The van der Waals surface area contributed by atoms with E-state index in [9.17, 15) is 26.4 Å². The molecule has 0 bridgehead atoms. The minimum atomic E-state index is -4.78. The maximum absolute atomic E-state index is 12.8. The average Bonchev–Trinajstić information content (AvgIpc) is 2.92. The fourth-order valence-corrected chi connectivity index (χ4v) is 3.34. The Hall–Kier alpha value is -3.26. The van der Waals surface area contributed by atoms with Crippen LogP contribution in [0, 0.1) is 11.3 Å². The van der Waals surface area contributed by atoms with E-state index in [1.54, 1.807) is 0 Å². The summed E-state index contributed by atoms with van der Waals surface area (Å²) in [5.41, 5.74) is -1.54. The standard InChI is InChI=1S/C15H8F3N3O4S/c16-15(17,18)11-3-2-10(5-8(11)7-19)26(23,24)21-9-1-4-13-12(6-9)20-14(22)25-13/h1-6,21H,(H,20,22). The number of rotatable bonds is 3. The molecule has 0 atom stereocenters. The van der Waals surface area contributed by atoms with Gasteiger partial charge in [0.25, 0.3) is 10.0 Å². The quantitative estimate of drug-likeness (QED) is 0.721. The fraction of sp³-hybridized carbons (Fsp3) is 0.0667. The van der Waals surface area contributed by atoms with Crippen LogP contribution in [0.25, 0.3) is 11.1 Å². The van der Waals surface area contributed by atoms with Crippen LogP contribution < -0.4 is 10.5 Å². The minimum Gasteiger partial charge on any atom is -0.408 e. The Labute approximate surface area is 143 Å². The minimum absolute atomic E-state index is 0.0490. The lowest BCUT2D eigenvalue weighted by Crippen LogP contribution is -2.15. The third-order valence-electron chi connectivity index (χ3n) is 3.40. The van der Waals surface area contributed by atoms with Crippen molar-refractivity contribution in [1.82, 2.24) is 4.98 Å². The van der Waals surface area contributed by atoms with Gasteiger partial charge in [-0.15, -0.1) is 0 Å². The molecule has 0 aliphatic heterocycles. The highest BCUT2D eigenvalue weighted by Crippen LogP contribution is 2.33. The molecule has 1 aromatic heterocycles. The number of oxazole rings is 1. The predicted octanol–water partition coefficient (Wildman–Crippen LogP) is 2.81. The molecule has 0 aliphatic rings. The smallest absolute Gasteiger partial charge is 0.408 e. The molecule has 0 radical (unpaired) electrons. The summed E-state index contributed by atoms with van der Waals surface area (Å²) in [6.45, 7) is 0. The van der Waals surface area contributed by atoms with Crippen LogP contribution in [0.3, 0.4) is 0 Å². The zero-order chi connectivity index (χ0) is 19.1. The van der Waals surface area contributed by atoms with Gasteiger partial charge in [0, 0.05) is 0 Å². The molecule has 0 saturated heterocycles. The van der Waals surface area contributed by atoms with Gasteiger partial charge < -0.3 is 4.42 Å². The lowest BCUT2D eigenvalue weighted by atomic mass is 10.1. The van der Waals surface area contributed by atoms with E-state index in [4.69, 9.17) is 9.68 Å². The number of H-pyrrole nitrogens is 1. The van der Waals surface area contributed by atoms with Crippen molar-refractivity contribution in [3.8, 4) is 6.07 Å². The number of nitrogens with zero attached hydrogens (tertiary/aromatic N) is 1. The zero-order valence-corrected chi connectivity index (χ0v) is 13.4. The van der Waals surface area contributed by atoms with Gasteiger partial charge in [0.1, 0.15) is 0 Å². The summed E-state index contributed by atoms with van der Waals surface area (Å²) in [6.07, 6.45) is -4.78. The Morgan fingerprint density at radius 2 is 1.88 bits per heavy atom. The molecule has 3 rings (SSSR count). The molecule has 2 N–H and O–H groups in total. The van der Waals surface area contributed by atoms with Crippen LogP contribution in [-0.2, 0) is 16.2 Å². The average molecular weight is 383 g/mol. The van der Waals surface area contributed by atoms with E-state index < -0.39 is 38.0 Å². The number of anilines is 1. The van der Waals surface area contributed by atoms with Crippen LogP contribution in [-0.4, -0.2) is 13.4 Å². The monoisotopic (exact) mass is 383 g/mol. The first-order chi connectivity index (χ1) is 12.1. The molecule has 0 fully saturated rings. The van der Waals surface area contributed by atoms with Gasteiger partial charge in [-0.3, -0.25) is 9.71 Å². The summed E-state index contributed by atoms with van der Waals surface area (Å²) >= 11 is 0. The van der Waals surface area contributed by atoms with Crippen molar-refractivity contribution in [2.24, 2.45) is 0 Å². The van der Waals surface area contributed by atoms with Gasteiger partial charge >= 0.3 is 11.9 Å². The van der Waals surface area contributed by atoms with Crippen molar-refractivity contribution in [1.29, 1.82) is 5.26 Å². The SMILES string of the molecule is N#Cc1cc(S(=O)(=O)Nc2ccc3oc(=O)[nH]c3c2)ccc1C(F)(F)F. The second-order valence-corrected chi connectivity index (χ2v) is 6.83. The summed E-state index contributed by atoms with van der Waals surface area (Å²) < 4.78 is 70.1. The number of hydrogen-bond donors (Lipinski definition) is 2. The van der Waals surface area contributed by atoms with E-state index in [0.717, 1.165) is 6.07 Å². The Morgan fingerprint density at radius 3 is 2.54 bits per heavy atom. The Morgan fingerprint density at radius 1 is 1.15 bits per heavy atom. The lowest BCUT2D eigenvalue weighted by Gasteiger charge is -2.12. The van der Waals surface area contributed by atoms with Crippen molar-refractivity contribution in [3.63, 3.8) is 0 Å². The third-order valence-corrected chi connectivity index (χ3v) is 4.78. The molecule has 1 heterocycles. The molecule has 0 aliphatic carbocycles. The van der Waals surface area contributed by atoms with Gasteiger partial charge in [0.05, 0.1) is 33.3 Å². The van der Waals surface area contributed by atoms with Crippen LogP contribution in [0.15, 0.2) is 50.5 Å². The molecule has 0 spiro atoms. The van der Waals surface area contributed by atoms with E-state index >= 15 is 0 Å². The van der Waals surface area contributed by atoms with Crippen LogP contribution >= 0.6 is 0 Å². The van der Waals surface area contributed by atoms with Crippen LogP contribution in [0.5, 0.6) is 0 Å². The van der Waals surface area contributed by atoms with Gasteiger partial charge in [-0.25, -0.2) is 13.2 Å². The van der Waals surface area contributed by atoms with Crippen LogP contribution in [0.4, 0.5) is 18.9 Å². The number of hydrogen-bond acceptors (Lipinski definition) is 5. The molecular formula is C15H8F3N3O4S. The molecule has 7 nitrogen and oxygen atoms in total. The summed E-state index contributed by atoms with van der Waals surface area (Å²) in [4.78, 5) is 12.9. The highest BCUT2D eigenvalue weighted by molar-refractivity contribution is 7.92. The zero-order valence-electron chi connectivity index (χ0n) is 12.6. The second-order valence-electron chi connectivity index (χ2n) is 5.15. The third kappa shape index (κ3) is 3.27. The van der Waals surface area contributed by atoms with Crippen LogP contribution in [0.2, 0.25) is 0 Å². The van der Waals surface area contributed by atoms with Crippen molar-refractivity contribution >= 4 is 26.8 Å². The normalized spacial score (nSPS) is 12.1. The number of nitriles is 1. The van der Waals surface area contributed by atoms with Crippen molar-refractivity contribution in [3.05, 3.63) is 58.1 Å². The van der Waals surface area contributed by atoms with Crippen LogP contribution in [0.1, 0.15) is 11.1 Å². The number of aromatic amines is 1. The molecule has 2 aromatic carbocycles. The van der Waals surface area contributed by atoms with Gasteiger partial charge in [-0.2, -0.15) is 18.4 Å². The first kappa shape index (κ1) is 17.6. The van der Waals surface area contributed by atoms with E-state index in [1.165, 1.54) is 24.3 Å². The Kier molecular flexibility index (Phi) is 4.00. The number of aromatic nitrogens is 1. The lowest BCUT2D eigenvalue weighted by molar-refractivity contribution is -0.137. The molecule has 3 aromatic rings. The summed E-state index contributed by atoms with van der Waals surface area (Å²) in [7, 11) is -4.26. The summed E-state index contributed by atoms with van der Waals surface area (Å²) in [6, 6.07) is 7.21. The molecule has 0 amide bonds. The first-order valence-corrected chi connectivity index (χ1v) is 8.35. The van der Waals surface area contributed by atoms with E-state index in [0.29, 0.717) is 12.1 Å². The maximum atomic E-state index is 12.8. The van der Waals surface area contributed by atoms with Crippen molar-refractivity contribution < 1.29 is 26.0 Å². The fourth-order valence-electron chi connectivity index (χ4n) is 2.26. The topological polar surface area (TPSA) is 116 Å². The van der Waals surface area contributed by atoms with Gasteiger partial charge in [0.15, 0.2) is 5.58 Å². The highest BCUT2D eigenvalue weighted by Gasteiger charge is 2.34. The number of nitrogens with one attached hydrogen (secondary N) is 2. The predicted molar refractivity (Wildman–Crippen MR) is 83.8 cm³/mol. The van der Waals surface area contributed by atoms with Crippen molar-refractivity contribution in [2.75, 3.05) is 4.72 Å². The molecule has 0 unspecified atom stereocenters.